The zero-order valence-electron chi connectivity index (χ0n) is 7.97. The monoisotopic (exact) mass is 186 g/mol. The van der Waals surface area contributed by atoms with E-state index in [-0.39, 0.29) is 11.8 Å². The van der Waals surface area contributed by atoms with Crippen LogP contribution >= 0.6 is 0 Å². The van der Waals surface area contributed by atoms with Crippen LogP contribution in [0, 0.1) is 10.8 Å². The SMILES string of the molecule is CC(=N)OC(=N)C(N)CCCCN. The van der Waals surface area contributed by atoms with E-state index in [0.717, 1.165) is 12.8 Å². The van der Waals surface area contributed by atoms with E-state index in [1.807, 2.05) is 0 Å². The van der Waals surface area contributed by atoms with Gasteiger partial charge in [-0.3, -0.25) is 10.8 Å². The van der Waals surface area contributed by atoms with Gasteiger partial charge in [-0.2, -0.15) is 0 Å². The summed E-state index contributed by atoms with van der Waals surface area (Å²) in [6.07, 6.45) is 2.48. The smallest absolute Gasteiger partial charge is 0.205 e. The highest BCUT2D eigenvalue weighted by Gasteiger charge is 2.10. The Labute approximate surface area is 78.5 Å². The fourth-order valence-electron chi connectivity index (χ4n) is 0.880. The number of nitrogens with two attached hydrogens (primary N) is 2. The standard InChI is InChI=1S/C8H18N4O/c1-6(10)13-8(12)7(11)4-2-3-5-9/h7,10,12H,2-5,9,11H2,1H3. The minimum atomic E-state index is -0.410. The average Bonchev–Trinajstić information content (AvgIpc) is 2.03. The van der Waals surface area contributed by atoms with Crippen LogP contribution in [0.2, 0.25) is 0 Å². The molecule has 0 aliphatic rings. The molecule has 13 heavy (non-hydrogen) atoms. The largest absolute Gasteiger partial charge is 0.428 e. The van der Waals surface area contributed by atoms with Crippen molar-refractivity contribution in [3.05, 3.63) is 0 Å². The van der Waals surface area contributed by atoms with Crippen LogP contribution in [0.4, 0.5) is 0 Å². The number of nitrogens with one attached hydrogen (secondary N) is 2. The number of hydrogen-bond acceptors (Lipinski definition) is 5. The summed E-state index contributed by atoms with van der Waals surface area (Å²) in [5.41, 5.74) is 10.9. The molecule has 0 radical (unpaired) electrons. The van der Waals surface area contributed by atoms with Gasteiger partial charge in [0.2, 0.25) is 5.90 Å². The van der Waals surface area contributed by atoms with Gasteiger partial charge in [0, 0.05) is 6.92 Å². The Morgan fingerprint density at radius 2 is 2.00 bits per heavy atom. The average molecular weight is 186 g/mol. The highest BCUT2D eigenvalue weighted by atomic mass is 16.5. The molecule has 0 aliphatic heterocycles. The maximum atomic E-state index is 7.34. The predicted molar refractivity (Wildman–Crippen MR) is 53.1 cm³/mol. The van der Waals surface area contributed by atoms with Crippen molar-refractivity contribution in [2.24, 2.45) is 11.5 Å². The molecular weight excluding hydrogens is 168 g/mol. The summed E-state index contributed by atoms with van der Waals surface area (Å²) >= 11 is 0. The maximum absolute atomic E-state index is 7.34. The van der Waals surface area contributed by atoms with Gasteiger partial charge in [-0.1, -0.05) is 6.42 Å². The van der Waals surface area contributed by atoms with Gasteiger partial charge in [-0.15, -0.1) is 0 Å². The zero-order valence-corrected chi connectivity index (χ0v) is 7.97. The zero-order chi connectivity index (χ0) is 10.3. The van der Waals surface area contributed by atoms with Gasteiger partial charge in [0.25, 0.3) is 0 Å². The van der Waals surface area contributed by atoms with Crippen LogP contribution in [-0.2, 0) is 4.74 Å². The first-order valence-corrected chi connectivity index (χ1v) is 4.35. The molecule has 0 aromatic heterocycles. The van der Waals surface area contributed by atoms with Crippen molar-refractivity contribution in [2.75, 3.05) is 6.54 Å². The molecule has 1 atom stereocenters. The molecule has 0 aromatic rings. The number of ether oxygens (including phenoxy) is 1. The molecule has 76 valence electrons. The second kappa shape index (κ2) is 6.56. The molecule has 6 N–H and O–H groups in total. The molecule has 0 aliphatic carbocycles. The van der Waals surface area contributed by atoms with Crippen LogP contribution in [0.3, 0.4) is 0 Å². The first kappa shape index (κ1) is 12.1. The highest BCUT2D eigenvalue weighted by molar-refractivity contribution is 5.90. The molecule has 5 heteroatoms. The summed E-state index contributed by atoms with van der Waals surface area (Å²) in [7, 11) is 0. The fourth-order valence-corrected chi connectivity index (χ4v) is 0.880. The maximum Gasteiger partial charge on any atom is 0.205 e. The van der Waals surface area contributed by atoms with Crippen molar-refractivity contribution >= 4 is 11.8 Å². The van der Waals surface area contributed by atoms with Crippen molar-refractivity contribution < 1.29 is 4.74 Å². The van der Waals surface area contributed by atoms with Crippen molar-refractivity contribution in [3.63, 3.8) is 0 Å². The van der Waals surface area contributed by atoms with Gasteiger partial charge >= 0.3 is 0 Å². The number of hydrogen-bond donors (Lipinski definition) is 4. The van der Waals surface area contributed by atoms with E-state index in [1.165, 1.54) is 6.92 Å². The molecule has 0 heterocycles. The van der Waals surface area contributed by atoms with E-state index in [1.54, 1.807) is 0 Å². The summed E-state index contributed by atoms with van der Waals surface area (Å²) < 4.78 is 4.75. The summed E-state index contributed by atoms with van der Waals surface area (Å²) in [6, 6.07) is -0.410. The molecule has 0 aromatic carbocycles. The van der Waals surface area contributed by atoms with Gasteiger partial charge in [-0.25, -0.2) is 0 Å². The number of rotatable bonds is 5. The van der Waals surface area contributed by atoms with E-state index >= 15 is 0 Å². The first-order chi connectivity index (χ1) is 6.07. The van der Waals surface area contributed by atoms with Gasteiger partial charge in [0.15, 0.2) is 5.90 Å². The molecule has 0 bridgehead atoms. The fraction of sp³-hybridized carbons (Fsp3) is 0.750. The van der Waals surface area contributed by atoms with Crippen LogP contribution in [0.25, 0.3) is 0 Å². The predicted octanol–water partition coefficient (Wildman–Crippen LogP) is 0.434. The van der Waals surface area contributed by atoms with E-state index in [0.29, 0.717) is 13.0 Å². The van der Waals surface area contributed by atoms with Crippen molar-refractivity contribution in [2.45, 2.75) is 32.2 Å². The molecule has 5 nitrogen and oxygen atoms in total. The lowest BCUT2D eigenvalue weighted by atomic mass is 10.1. The lowest BCUT2D eigenvalue weighted by molar-refractivity contribution is 0.481. The summed E-state index contributed by atoms with van der Waals surface area (Å²) in [4.78, 5) is 0. The Balaban J connectivity index is 3.63. The van der Waals surface area contributed by atoms with Crippen molar-refractivity contribution in [1.29, 1.82) is 10.8 Å². The van der Waals surface area contributed by atoms with Gasteiger partial charge < -0.3 is 16.2 Å². The molecule has 0 amide bonds. The normalized spacial score (nSPS) is 12.2. The lowest BCUT2D eigenvalue weighted by Crippen LogP contribution is -2.32. The van der Waals surface area contributed by atoms with Gasteiger partial charge in [0.05, 0.1) is 6.04 Å². The van der Waals surface area contributed by atoms with Gasteiger partial charge in [-0.05, 0) is 19.4 Å². The third-order valence-corrected chi connectivity index (χ3v) is 1.57. The molecule has 0 fully saturated rings. The Kier molecular flexibility index (Phi) is 6.09. The molecule has 0 saturated heterocycles. The van der Waals surface area contributed by atoms with E-state index < -0.39 is 6.04 Å². The molecule has 0 saturated carbocycles. The second-order valence-corrected chi connectivity index (χ2v) is 2.91. The van der Waals surface area contributed by atoms with E-state index in [4.69, 9.17) is 27.0 Å². The van der Waals surface area contributed by atoms with Crippen LogP contribution in [-0.4, -0.2) is 24.4 Å². The van der Waals surface area contributed by atoms with Crippen LogP contribution < -0.4 is 11.5 Å². The quantitative estimate of drug-likeness (QED) is 0.284. The first-order valence-electron chi connectivity index (χ1n) is 4.35. The Morgan fingerprint density at radius 3 is 2.46 bits per heavy atom. The summed E-state index contributed by atoms with van der Waals surface area (Å²) in [6.45, 7) is 2.12. The van der Waals surface area contributed by atoms with E-state index in [9.17, 15) is 0 Å². The summed E-state index contributed by atoms with van der Waals surface area (Å²) in [5.74, 6) is -0.0382. The minimum Gasteiger partial charge on any atom is -0.428 e. The molecular formula is C8H18N4O. The van der Waals surface area contributed by atoms with Crippen molar-refractivity contribution in [3.8, 4) is 0 Å². The third-order valence-electron chi connectivity index (χ3n) is 1.57. The van der Waals surface area contributed by atoms with E-state index in [2.05, 4.69) is 0 Å². The second-order valence-electron chi connectivity index (χ2n) is 2.91. The lowest BCUT2D eigenvalue weighted by Gasteiger charge is -2.12. The Hall–Kier alpha value is -0.940. The molecule has 0 spiro atoms. The third kappa shape index (κ3) is 6.24. The Morgan fingerprint density at radius 1 is 1.38 bits per heavy atom. The van der Waals surface area contributed by atoms with Crippen LogP contribution in [0.15, 0.2) is 0 Å². The van der Waals surface area contributed by atoms with Crippen LogP contribution in [0.1, 0.15) is 26.2 Å². The topological polar surface area (TPSA) is 109 Å². The number of unbranched alkanes of at least 4 members (excludes halogenated alkanes) is 1. The molecule has 1 unspecified atom stereocenters. The minimum absolute atomic E-state index is 0.000671. The highest BCUT2D eigenvalue weighted by Crippen LogP contribution is 2.00. The Bertz CT molecular complexity index is 181. The van der Waals surface area contributed by atoms with Crippen LogP contribution in [0.5, 0.6) is 0 Å². The molecule has 0 rings (SSSR count). The van der Waals surface area contributed by atoms with Crippen molar-refractivity contribution in [1.82, 2.24) is 0 Å². The summed E-state index contributed by atoms with van der Waals surface area (Å²) in [5, 5.41) is 14.3. The van der Waals surface area contributed by atoms with Gasteiger partial charge in [0.1, 0.15) is 0 Å².